The van der Waals surface area contributed by atoms with E-state index in [-0.39, 0.29) is 5.78 Å². The van der Waals surface area contributed by atoms with Crippen LogP contribution < -0.4 is 10.5 Å². The number of fused-ring (bicyclic) bond motifs is 1. The average molecular weight is 219 g/mol. The van der Waals surface area contributed by atoms with Gasteiger partial charge in [-0.05, 0) is 49.1 Å². The Labute approximate surface area is 95.6 Å². The highest BCUT2D eigenvalue weighted by Crippen LogP contribution is 2.33. The molecule has 0 saturated heterocycles. The molecule has 0 aromatic heterocycles. The summed E-state index contributed by atoms with van der Waals surface area (Å²) in [6, 6.07) is 3.77. The maximum absolute atomic E-state index is 11.9. The van der Waals surface area contributed by atoms with E-state index in [1.165, 1.54) is 11.1 Å². The molecule has 1 aromatic carbocycles. The molecule has 0 amide bonds. The van der Waals surface area contributed by atoms with Gasteiger partial charge in [-0.1, -0.05) is 0 Å². The van der Waals surface area contributed by atoms with E-state index in [1.807, 2.05) is 12.1 Å². The van der Waals surface area contributed by atoms with E-state index in [0.29, 0.717) is 13.0 Å². The zero-order valence-electron chi connectivity index (χ0n) is 9.58. The average Bonchev–Trinajstić information content (AvgIpc) is 2.76. The summed E-state index contributed by atoms with van der Waals surface area (Å²) >= 11 is 0. The third-order valence-electron chi connectivity index (χ3n) is 3.13. The topological polar surface area (TPSA) is 52.3 Å². The Hall–Kier alpha value is -1.35. The fraction of sp³-hybridized carbons (Fsp3) is 0.462. The molecule has 0 bridgehead atoms. The second kappa shape index (κ2) is 4.66. The van der Waals surface area contributed by atoms with Crippen LogP contribution in [-0.4, -0.2) is 19.4 Å². The van der Waals surface area contributed by atoms with Crippen molar-refractivity contribution >= 4 is 5.78 Å². The molecule has 0 heterocycles. The van der Waals surface area contributed by atoms with Crippen molar-refractivity contribution in [3.63, 3.8) is 0 Å². The maximum atomic E-state index is 11.9. The minimum atomic E-state index is 0.156. The van der Waals surface area contributed by atoms with E-state index in [0.717, 1.165) is 30.6 Å². The van der Waals surface area contributed by atoms with Crippen molar-refractivity contribution in [2.75, 3.05) is 13.7 Å². The number of ketones is 1. The van der Waals surface area contributed by atoms with E-state index in [2.05, 4.69) is 0 Å². The van der Waals surface area contributed by atoms with Crippen molar-refractivity contribution in [1.82, 2.24) is 0 Å². The number of methoxy groups -OCH3 is 1. The summed E-state index contributed by atoms with van der Waals surface area (Å²) in [5.74, 6) is 1.07. The smallest absolute Gasteiger partial charge is 0.164 e. The molecular formula is C13H17NO2. The molecule has 1 aromatic rings. The number of rotatable bonds is 4. The molecule has 2 N–H and O–H groups in total. The molecule has 0 unspecified atom stereocenters. The second-order valence-corrected chi connectivity index (χ2v) is 4.09. The molecular weight excluding hydrogens is 202 g/mol. The number of Topliss-reactive ketones (excluding diaryl/α,β-unsaturated/α-hetero) is 1. The van der Waals surface area contributed by atoms with Crippen molar-refractivity contribution in [2.45, 2.75) is 25.7 Å². The Morgan fingerprint density at radius 1 is 1.38 bits per heavy atom. The van der Waals surface area contributed by atoms with Gasteiger partial charge in [0, 0.05) is 12.0 Å². The minimum absolute atomic E-state index is 0.156. The van der Waals surface area contributed by atoms with Gasteiger partial charge in [-0.15, -0.1) is 0 Å². The van der Waals surface area contributed by atoms with Gasteiger partial charge in [-0.2, -0.15) is 0 Å². The molecule has 1 aliphatic carbocycles. The van der Waals surface area contributed by atoms with Crippen LogP contribution in [0.2, 0.25) is 0 Å². The van der Waals surface area contributed by atoms with Crippen LogP contribution >= 0.6 is 0 Å². The van der Waals surface area contributed by atoms with E-state index in [1.54, 1.807) is 7.11 Å². The van der Waals surface area contributed by atoms with E-state index < -0.39 is 0 Å². The molecule has 0 saturated carbocycles. The Morgan fingerprint density at radius 3 is 2.81 bits per heavy atom. The third kappa shape index (κ3) is 1.83. The zero-order chi connectivity index (χ0) is 11.5. The third-order valence-corrected chi connectivity index (χ3v) is 3.13. The normalized spacial score (nSPS) is 13.6. The van der Waals surface area contributed by atoms with Crippen LogP contribution in [0.25, 0.3) is 0 Å². The van der Waals surface area contributed by atoms with Crippen LogP contribution in [0.15, 0.2) is 12.1 Å². The molecule has 3 nitrogen and oxygen atoms in total. The van der Waals surface area contributed by atoms with Crippen molar-refractivity contribution in [3.8, 4) is 5.75 Å². The Balaban J connectivity index is 2.41. The van der Waals surface area contributed by atoms with E-state index in [9.17, 15) is 4.79 Å². The van der Waals surface area contributed by atoms with Crippen molar-refractivity contribution in [1.29, 1.82) is 0 Å². The highest BCUT2D eigenvalue weighted by Gasteiger charge is 2.21. The summed E-state index contributed by atoms with van der Waals surface area (Å²) in [5, 5.41) is 0. The molecule has 1 aliphatic rings. The lowest BCUT2D eigenvalue weighted by Crippen LogP contribution is -2.10. The number of nitrogens with two attached hydrogens (primary N) is 1. The second-order valence-electron chi connectivity index (χ2n) is 4.09. The van der Waals surface area contributed by atoms with Gasteiger partial charge < -0.3 is 10.5 Å². The predicted molar refractivity (Wildman–Crippen MR) is 63.0 cm³/mol. The zero-order valence-corrected chi connectivity index (χ0v) is 9.58. The van der Waals surface area contributed by atoms with Crippen LogP contribution in [0.1, 0.15) is 34.3 Å². The molecule has 0 aliphatic heterocycles. The van der Waals surface area contributed by atoms with Gasteiger partial charge in [0.1, 0.15) is 5.75 Å². The van der Waals surface area contributed by atoms with Gasteiger partial charge in [-0.3, -0.25) is 4.79 Å². The maximum Gasteiger partial charge on any atom is 0.164 e. The monoisotopic (exact) mass is 219 g/mol. The molecule has 3 heteroatoms. The lowest BCUT2D eigenvalue weighted by molar-refractivity contribution is 0.0984. The number of ether oxygens (including phenoxy) is 1. The highest BCUT2D eigenvalue weighted by atomic mass is 16.5. The molecule has 0 atom stereocenters. The predicted octanol–water partition coefficient (Wildman–Crippen LogP) is 1.72. The number of carbonyl (C=O) groups excluding carboxylic acids is 1. The lowest BCUT2D eigenvalue weighted by Gasteiger charge is -2.11. The van der Waals surface area contributed by atoms with Gasteiger partial charge in [-0.25, -0.2) is 0 Å². The molecule has 16 heavy (non-hydrogen) atoms. The number of hydrogen-bond acceptors (Lipinski definition) is 3. The Kier molecular flexibility index (Phi) is 3.25. The molecule has 0 spiro atoms. The van der Waals surface area contributed by atoms with Crippen LogP contribution in [0, 0.1) is 0 Å². The van der Waals surface area contributed by atoms with Crippen LogP contribution in [0.5, 0.6) is 5.75 Å². The number of carbonyl (C=O) groups is 1. The Morgan fingerprint density at radius 2 is 2.12 bits per heavy atom. The first-order chi connectivity index (χ1) is 7.77. The summed E-state index contributed by atoms with van der Waals surface area (Å²) in [5.41, 5.74) is 8.66. The number of benzene rings is 1. The minimum Gasteiger partial charge on any atom is -0.496 e. The van der Waals surface area contributed by atoms with Crippen molar-refractivity contribution in [3.05, 3.63) is 28.8 Å². The SMILES string of the molecule is COc1ccc(C(=O)CCN)c2c1CCC2. The summed E-state index contributed by atoms with van der Waals surface area (Å²) in [6.07, 6.45) is 3.54. The Bertz CT molecular complexity index is 413. The van der Waals surface area contributed by atoms with Gasteiger partial charge in [0.2, 0.25) is 0 Å². The fourth-order valence-electron chi connectivity index (χ4n) is 2.39. The molecule has 86 valence electrons. The van der Waals surface area contributed by atoms with Gasteiger partial charge in [0.15, 0.2) is 5.78 Å². The summed E-state index contributed by atoms with van der Waals surface area (Å²) in [6.45, 7) is 0.416. The number of hydrogen-bond donors (Lipinski definition) is 1. The quantitative estimate of drug-likeness (QED) is 0.784. The van der Waals surface area contributed by atoms with Crippen LogP contribution in [0.3, 0.4) is 0 Å². The van der Waals surface area contributed by atoms with Crippen LogP contribution in [0.4, 0.5) is 0 Å². The highest BCUT2D eigenvalue weighted by molar-refractivity contribution is 5.98. The first-order valence-electron chi connectivity index (χ1n) is 5.70. The van der Waals surface area contributed by atoms with Gasteiger partial charge in [0.05, 0.1) is 7.11 Å². The van der Waals surface area contributed by atoms with Crippen molar-refractivity contribution in [2.24, 2.45) is 5.73 Å². The van der Waals surface area contributed by atoms with Gasteiger partial charge in [0.25, 0.3) is 0 Å². The molecule has 0 radical (unpaired) electrons. The summed E-state index contributed by atoms with van der Waals surface area (Å²) < 4.78 is 5.32. The standard InChI is InChI=1S/C13H17NO2/c1-16-13-6-5-10(12(15)7-8-14)9-3-2-4-11(9)13/h5-6H,2-4,7-8,14H2,1H3. The fourth-order valence-corrected chi connectivity index (χ4v) is 2.39. The summed E-state index contributed by atoms with van der Waals surface area (Å²) in [7, 11) is 1.68. The van der Waals surface area contributed by atoms with Crippen molar-refractivity contribution < 1.29 is 9.53 Å². The molecule has 0 fully saturated rings. The first kappa shape index (κ1) is 11.1. The van der Waals surface area contributed by atoms with E-state index >= 15 is 0 Å². The largest absolute Gasteiger partial charge is 0.496 e. The van der Waals surface area contributed by atoms with Gasteiger partial charge >= 0.3 is 0 Å². The van der Waals surface area contributed by atoms with Crippen LogP contribution in [-0.2, 0) is 12.8 Å². The summed E-state index contributed by atoms with van der Waals surface area (Å²) in [4.78, 5) is 11.9. The molecule has 2 rings (SSSR count). The van der Waals surface area contributed by atoms with E-state index in [4.69, 9.17) is 10.5 Å². The first-order valence-corrected chi connectivity index (χ1v) is 5.70. The lowest BCUT2D eigenvalue weighted by atomic mass is 9.98.